The Hall–Kier alpha value is -3.22. The van der Waals surface area contributed by atoms with Gasteiger partial charge in [0.25, 0.3) is 5.89 Å². The number of pyridine rings is 1. The molecule has 0 aliphatic carbocycles. The average molecular weight is 420 g/mol. The minimum Gasteiger partial charge on any atom is -0.356 e. The topological polar surface area (TPSA) is 84.2 Å². The highest BCUT2D eigenvalue weighted by molar-refractivity contribution is 5.79. The Labute approximate surface area is 182 Å². The molecule has 1 amide bonds. The van der Waals surface area contributed by atoms with E-state index >= 15 is 0 Å². The summed E-state index contributed by atoms with van der Waals surface area (Å²) in [6, 6.07) is 11.9. The normalized spacial score (nSPS) is 14.8. The maximum Gasteiger partial charge on any atom is 0.261 e. The van der Waals surface area contributed by atoms with E-state index in [1.165, 1.54) is 0 Å². The molecular weight excluding hydrogens is 390 g/mol. The largest absolute Gasteiger partial charge is 0.356 e. The highest BCUT2D eigenvalue weighted by Gasteiger charge is 2.27. The zero-order valence-corrected chi connectivity index (χ0v) is 18.3. The van der Waals surface area contributed by atoms with E-state index in [0.717, 1.165) is 55.0 Å². The number of nitrogens with zero attached hydrogens (tertiary/aromatic N) is 4. The average Bonchev–Trinajstić information content (AvgIpc) is 3.28. The summed E-state index contributed by atoms with van der Waals surface area (Å²) in [4.78, 5) is 23.8. The number of benzene rings is 1. The molecule has 3 aromatic rings. The Bertz CT molecular complexity index is 1040. The van der Waals surface area contributed by atoms with Gasteiger partial charge in [0.15, 0.2) is 0 Å². The lowest BCUT2D eigenvalue weighted by atomic mass is 9.95. The molecule has 0 spiro atoms. The third-order valence-electron chi connectivity index (χ3n) is 5.57. The van der Waals surface area contributed by atoms with Gasteiger partial charge in [-0.25, -0.2) is 4.98 Å². The Kier molecular flexibility index (Phi) is 6.30. The van der Waals surface area contributed by atoms with E-state index in [-0.39, 0.29) is 11.8 Å². The molecular formula is C24H29N5O2. The number of anilines is 1. The van der Waals surface area contributed by atoms with Gasteiger partial charge in [-0.1, -0.05) is 42.8 Å². The second-order valence-corrected chi connectivity index (χ2v) is 8.57. The molecule has 0 unspecified atom stereocenters. The molecule has 0 bridgehead atoms. The van der Waals surface area contributed by atoms with Crippen molar-refractivity contribution < 1.29 is 9.32 Å². The standard InChI is InChI=1S/C24H29N5O2/c1-16(2)15-26-23(30)18-9-12-29(13-10-18)22-20(8-5-11-25-22)24-27-21(28-31-24)19-7-4-6-17(3)14-19/h4-8,11,14,16,18H,9-10,12-13,15H2,1-3H3,(H,26,30). The van der Waals surface area contributed by atoms with Gasteiger partial charge in [-0.05, 0) is 43.9 Å². The maximum atomic E-state index is 12.4. The molecule has 3 heterocycles. The highest BCUT2D eigenvalue weighted by atomic mass is 16.5. The molecule has 2 aromatic heterocycles. The molecule has 1 N–H and O–H groups in total. The van der Waals surface area contributed by atoms with E-state index in [1.54, 1.807) is 6.20 Å². The molecule has 1 saturated heterocycles. The van der Waals surface area contributed by atoms with Crippen LogP contribution in [-0.4, -0.2) is 40.7 Å². The first-order valence-electron chi connectivity index (χ1n) is 10.9. The minimum atomic E-state index is 0.0542. The number of aromatic nitrogens is 3. The summed E-state index contributed by atoms with van der Waals surface area (Å²) < 4.78 is 5.60. The summed E-state index contributed by atoms with van der Waals surface area (Å²) in [5, 5.41) is 7.23. The monoisotopic (exact) mass is 419 g/mol. The third-order valence-corrected chi connectivity index (χ3v) is 5.57. The van der Waals surface area contributed by atoms with E-state index in [4.69, 9.17) is 4.52 Å². The van der Waals surface area contributed by atoms with Crippen LogP contribution in [0.5, 0.6) is 0 Å². The molecule has 7 nitrogen and oxygen atoms in total. The van der Waals surface area contributed by atoms with Crippen LogP contribution in [-0.2, 0) is 4.79 Å². The number of amides is 1. The summed E-state index contributed by atoms with van der Waals surface area (Å²) in [6.45, 7) is 8.51. The van der Waals surface area contributed by atoms with Crippen LogP contribution in [0.4, 0.5) is 5.82 Å². The minimum absolute atomic E-state index is 0.0542. The van der Waals surface area contributed by atoms with Crippen molar-refractivity contribution in [3.05, 3.63) is 48.2 Å². The molecule has 1 fully saturated rings. The van der Waals surface area contributed by atoms with Crippen molar-refractivity contribution in [3.63, 3.8) is 0 Å². The van der Waals surface area contributed by atoms with E-state index in [0.29, 0.717) is 17.6 Å². The quantitative estimate of drug-likeness (QED) is 0.648. The summed E-state index contributed by atoms with van der Waals surface area (Å²) >= 11 is 0. The SMILES string of the molecule is Cc1cccc(-c2noc(-c3cccnc3N3CCC(C(=O)NCC(C)C)CC3)n2)c1. The number of aryl methyl sites for hydroxylation is 1. The van der Waals surface area contributed by atoms with Crippen molar-refractivity contribution >= 4 is 11.7 Å². The van der Waals surface area contributed by atoms with Crippen molar-refractivity contribution in [2.75, 3.05) is 24.5 Å². The molecule has 0 radical (unpaired) electrons. The maximum absolute atomic E-state index is 12.4. The van der Waals surface area contributed by atoms with Crippen LogP contribution in [0, 0.1) is 18.8 Å². The molecule has 0 saturated carbocycles. The van der Waals surface area contributed by atoms with Crippen molar-refractivity contribution in [1.29, 1.82) is 0 Å². The fraction of sp³-hybridized carbons (Fsp3) is 0.417. The number of nitrogens with one attached hydrogen (secondary N) is 1. The van der Waals surface area contributed by atoms with Crippen LogP contribution in [0.25, 0.3) is 22.8 Å². The second-order valence-electron chi connectivity index (χ2n) is 8.57. The van der Waals surface area contributed by atoms with Gasteiger partial charge in [0, 0.05) is 37.3 Å². The van der Waals surface area contributed by atoms with Gasteiger partial charge in [0.05, 0.1) is 5.56 Å². The predicted molar refractivity (Wildman–Crippen MR) is 120 cm³/mol. The molecule has 31 heavy (non-hydrogen) atoms. The van der Waals surface area contributed by atoms with Gasteiger partial charge in [-0.3, -0.25) is 4.79 Å². The first kappa shape index (κ1) is 21.0. The van der Waals surface area contributed by atoms with Crippen LogP contribution >= 0.6 is 0 Å². The first-order chi connectivity index (χ1) is 15.0. The molecule has 1 aliphatic rings. The summed E-state index contributed by atoms with van der Waals surface area (Å²) in [7, 11) is 0. The zero-order chi connectivity index (χ0) is 21.8. The predicted octanol–water partition coefficient (Wildman–Crippen LogP) is 4.10. The Balaban J connectivity index is 1.48. The van der Waals surface area contributed by atoms with Gasteiger partial charge >= 0.3 is 0 Å². The molecule has 7 heteroatoms. The third kappa shape index (κ3) is 4.93. The first-order valence-corrected chi connectivity index (χ1v) is 10.9. The van der Waals surface area contributed by atoms with E-state index in [9.17, 15) is 4.79 Å². The van der Waals surface area contributed by atoms with Crippen LogP contribution in [0.2, 0.25) is 0 Å². The Morgan fingerprint density at radius 3 is 2.77 bits per heavy atom. The fourth-order valence-electron chi connectivity index (χ4n) is 3.85. The zero-order valence-electron chi connectivity index (χ0n) is 18.3. The lowest BCUT2D eigenvalue weighted by Crippen LogP contribution is -2.41. The van der Waals surface area contributed by atoms with E-state index in [1.807, 2.05) is 43.3 Å². The molecule has 1 aromatic carbocycles. The van der Waals surface area contributed by atoms with Gasteiger partial charge in [0.2, 0.25) is 11.7 Å². The number of piperidine rings is 1. The molecule has 162 valence electrons. The van der Waals surface area contributed by atoms with Crippen molar-refractivity contribution in [1.82, 2.24) is 20.4 Å². The smallest absolute Gasteiger partial charge is 0.261 e. The molecule has 0 atom stereocenters. The van der Waals surface area contributed by atoms with Crippen LogP contribution in [0.3, 0.4) is 0 Å². The summed E-state index contributed by atoms with van der Waals surface area (Å²) in [6.07, 6.45) is 3.38. The van der Waals surface area contributed by atoms with E-state index in [2.05, 4.69) is 39.2 Å². The van der Waals surface area contributed by atoms with Crippen molar-refractivity contribution in [2.24, 2.45) is 11.8 Å². The lowest BCUT2D eigenvalue weighted by Gasteiger charge is -2.33. The summed E-state index contributed by atoms with van der Waals surface area (Å²) in [5.41, 5.74) is 2.89. The Morgan fingerprint density at radius 1 is 1.23 bits per heavy atom. The van der Waals surface area contributed by atoms with Crippen molar-refractivity contribution in [2.45, 2.75) is 33.6 Å². The second kappa shape index (κ2) is 9.29. The van der Waals surface area contributed by atoms with Crippen molar-refractivity contribution in [3.8, 4) is 22.8 Å². The number of carbonyl (C=O) groups excluding carboxylic acids is 1. The Morgan fingerprint density at radius 2 is 2.03 bits per heavy atom. The van der Waals surface area contributed by atoms with Crippen LogP contribution in [0.15, 0.2) is 47.1 Å². The molecule has 1 aliphatic heterocycles. The lowest BCUT2D eigenvalue weighted by molar-refractivity contribution is -0.125. The van der Waals surface area contributed by atoms with Gasteiger partial charge in [-0.2, -0.15) is 4.98 Å². The van der Waals surface area contributed by atoms with E-state index < -0.39 is 0 Å². The fourth-order valence-corrected chi connectivity index (χ4v) is 3.85. The highest BCUT2D eigenvalue weighted by Crippen LogP contribution is 2.32. The number of hydrogen-bond acceptors (Lipinski definition) is 6. The van der Waals surface area contributed by atoms with Crippen LogP contribution in [0.1, 0.15) is 32.3 Å². The van der Waals surface area contributed by atoms with Gasteiger partial charge in [0.1, 0.15) is 5.82 Å². The number of carbonyl (C=O) groups is 1. The number of hydrogen-bond donors (Lipinski definition) is 1. The van der Waals surface area contributed by atoms with Gasteiger partial charge < -0.3 is 14.7 Å². The van der Waals surface area contributed by atoms with Gasteiger partial charge in [-0.15, -0.1) is 0 Å². The number of rotatable bonds is 6. The van der Waals surface area contributed by atoms with Crippen LogP contribution < -0.4 is 10.2 Å². The summed E-state index contributed by atoms with van der Waals surface area (Å²) in [5.74, 6) is 2.51. The molecule has 4 rings (SSSR count).